The van der Waals surface area contributed by atoms with Gasteiger partial charge in [0.25, 0.3) is 0 Å². The molecular weight excluding hydrogens is 234 g/mol. The number of hydrogen-bond donors (Lipinski definition) is 1. The molecule has 2 nitrogen and oxygen atoms in total. The van der Waals surface area contributed by atoms with E-state index in [-0.39, 0.29) is 0 Å². The summed E-state index contributed by atoms with van der Waals surface area (Å²) in [4.78, 5) is 0. The summed E-state index contributed by atoms with van der Waals surface area (Å²) in [5.41, 5.74) is 9.62. The van der Waals surface area contributed by atoms with Crippen LogP contribution in [0.25, 0.3) is 0 Å². The van der Waals surface area contributed by atoms with E-state index in [4.69, 9.17) is 10.5 Å². The van der Waals surface area contributed by atoms with Crippen LogP contribution in [0.3, 0.4) is 0 Å². The first-order valence-corrected chi connectivity index (χ1v) is 6.73. The Kier molecular flexibility index (Phi) is 3.03. The third-order valence-electron chi connectivity index (χ3n) is 3.58. The van der Waals surface area contributed by atoms with Gasteiger partial charge in [-0.05, 0) is 61.2 Å². The molecule has 2 atom stereocenters. The fourth-order valence-electron chi connectivity index (χ4n) is 2.51. The van der Waals surface area contributed by atoms with Gasteiger partial charge in [0.2, 0.25) is 0 Å². The molecule has 1 aliphatic carbocycles. The molecule has 0 amide bonds. The lowest BCUT2D eigenvalue weighted by atomic mass is 10.1. The van der Waals surface area contributed by atoms with E-state index in [1.54, 1.807) is 0 Å². The predicted octanol–water partition coefficient (Wildman–Crippen LogP) is 3.91. The Morgan fingerprint density at radius 2 is 1.53 bits per heavy atom. The van der Waals surface area contributed by atoms with Crippen molar-refractivity contribution in [3.8, 4) is 11.5 Å². The summed E-state index contributed by atoms with van der Waals surface area (Å²) in [6.07, 6.45) is 1.11. The fourth-order valence-corrected chi connectivity index (χ4v) is 2.51. The molecule has 1 saturated carbocycles. The van der Waals surface area contributed by atoms with Crippen LogP contribution < -0.4 is 10.5 Å². The molecule has 0 heterocycles. The van der Waals surface area contributed by atoms with E-state index >= 15 is 0 Å². The molecule has 0 aliphatic heterocycles. The van der Waals surface area contributed by atoms with Crippen molar-refractivity contribution in [3.05, 3.63) is 59.2 Å². The summed E-state index contributed by atoms with van der Waals surface area (Å²) in [6.45, 7) is 4.16. The van der Waals surface area contributed by atoms with Gasteiger partial charge < -0.3 is 10.5 Å². The van der Waals surface area contributed by atoms with Gasteiger partial charge in [-0.25, -0.2) is 0 Å². The highest BCUT2D eigenvalue weighted by molar-refractivity contribution is 5.39. The lowest BCUT2D eigenvalue weighted by Crippen LogP contribution is -2.00. The molecule has 0 radical (unpaired) electrons. The van der Waals surface area contributed by atoms with E-state index in [1.165, 1.54) is 16.7 Å². The van der Waals surface area contributed by atoms with E-state index in [0.29, 0.717) is 12.0 Å². The Bertz CT molecular complexity index is 568. The number of nitrogens with two attached hydrogens (primary N) is 1. The minimum Gasteiger partial charge on any atom is -0.457 e. The maximum absolute atomic E-state index is 5.89. The predicted molar refractivity (Wildman–Crippen MR) is 77.8 cm³/mol. The van der Waals surface area contributed by atoms with Gasteiger partial charge in [0.15, 0.2) is 0 Å². The van der Waals surface area contributed by atoms with Crippen LogP contribution >= 0.6 is 0 Å². The number of benzene rings is 2. The number of ether oxygens (including phenoxy) is 1. The largest absolute Gasteiger partial charge is 0.457 e. The second-order valence-corrected chi connectivity index (χ2v) is 5.50. The molecule has 0 bridgehead atoms. The minimum atomic E-state index is 0.353. The molecule has 2 unspecified atom stereocenters. The first kappa shape index (κ1) is 12.2. The zero-order valence-electron chi connectivity index (χ0n) is 11.4. The van der Waals surface area contributed by atoms with E-state index in [0.717, 1.165) is 17.9 Å². The van der Waals surface area contributed by atoms with Gasteiger partial charge in [0, 0.05) is 12.0 Å². The van der Waals surface area contributed by atoms with Crippen molar-refractivity contribution in [1.29, 1.82) is 0 Å². The lowest BCUT2D eigenvalue weighted by Gasteiger charge is -2.08. The third kappa shape index (κ3) is 2.79. The first-order chi connectivity index (χ1) is 9.11. The summed E-state index contributed by atoms with van der Waals surface area (Å²) < 4.78 is 5.89. The van der Waals surface area contributed by atoms with Crippen molar-refractivity contribution in [2.24, 2.45) is 5.73 Å². The monoisotopic (exact) mass is 253 g/mol. The van der Waals surface area contributed by atoms with Crippen LogP contribution in [0.4, 0.5) is 0 Å². The molecule has 2 aromatic carbocycles. The lowest BCUT2D eigenvalue weighted by molar-refractivity contribution is 0.481. The van der Waals surface area contributed by atoms with Crippen LogP contribution in [0, 0.1) is 13.8 Å². The van der Waals surface area contributed by atoms with E-state index in [9.17, 15) is 0 Å². The smallest absolute Gasteiger partial charge is 0.127 e. The SMILES string of the molecule is Cc1cc(C)cc(Oc2ccc(C3CC3N)cc2)c1. The number of rotatable bonds is 3. The maximum atomic E-state index is 5.89. The topological polar surface area (TPSA) is 35.2 Å². The quantitative estimate of drug-likeness (QED) is 0.900. The average Bonchev–Trinajstić information content (AvgIpc) is 3.06. The van der Waals surface area contributed by atoms with Gasteiger partial charge in [0.1, 0.15) is 11.5 Å². The van der Waals surface area contributed by atoms with E-state index in [2.05, 4.69) is 44.2 Å². The van der Waals surface area contributed by atoms with E-state index in [1.807, 2.05) is 12.1 Å². The average molecular weight is 253 g/mol. The molecular formula is C17H19NO. The molecule has 2 N–H and O–H groups in total. The molecule has 19 heavy (non-hydrogen) atoms. The minimum absolute atomic E-state index is 0.353. The highest BCUT2D eigenvalue weighted by atomic mass is 16.5. The Labute approximate surface area is 114 Å². The molecule has 2 aromatic rings. The standard InChI is InChI=1S/C17H19NO/c1-11-7-12(2)9-15(8-11)19-14-5-3-13(4-6-14)16-10-17(16)18/h3-9,16-17H,10,18H2,1-2H3. The first-order valence-electron chi connectivity index (χ1n) is 6.73. The Morgan fingerprint density at radius 1 is 0.947 bits per heavy atom. The molecule has 0 spiro atoms. The van der Waals surface area contributed by atoms with Crippen LogP contribution in [0.2, 0.25) is 0 Å². The molecule has 2 heteroatoms. The summed E-state index contributed by atoms with van der Waals surface area (Å²) in [5, 5.41) is 0. The molecule has 98 valence electrons. The highest BCUT2D eigenvalue weighted by Gasteiger charge is 2.34. The van der Waals surface area contributed by atoms with Gasteiger partial charge in [-0.15, -0.1) is 0 Å². The van der Waals surface area contributed by atoms with E-state index < -0.39 is 0 Å². The zero-order chi connectivity index (χ0) is 13.4. The second kappa shape index (κ2) is 4.71. The molecule has 3 rings (SSSR count). The molecule has 1 fully saturated rings. The third-order valence-corrected chi connectivity index (χ3v) is 3.58. The van der Waals surface area contributed by atoms with Crippen molar-refractivity contribution in [1.82, 2.24) is 0 Å². The molecule has 0 saturated heterocycles. The van der Waals surface area contributed by atoms with Crippen molar-refractivity contribution < 1.29 is 4.74 Å². The van der Waals surface area contributed by atoms with Gasteiger partial charge in [0.05, 0.1) is 0 Å². The van der Waals surface area contributed by atoms with Gasteiger partial charge in [-0.1, -0.05) is 18.2 Å². The normalized spacial score (nSPS) is 21.2. The summed E-state index contributed by atoms with van der Waals surface area (Å²) in [6, 6.07) is 14.9. The Hall–Kier alpha value is -1.80. The summed E-state index contributed by atoms with van der Waals surface area (Å²) >= 11 is 0. The van der Waals surface area contributed by atoms with Gasteiger partial charge >= 0.3 is 0 Å². The van der Waals surface area contributed by atoms with Crippen LogP contribution in [0.5, 0.6) is 11.5 Å². The van der Waals surface area contributed by atoms with Gasteiger partial charge in [-0.3, -0.25) is 0 Å². The van der Waals surface area contributed by atoms with Crippen LogP contribution in [-0.2, 0) is 0 Å². The maximum Gasteiger partial charge on any atom is 0.127 e. The Balaban J connectivity index is 1.75. The number of hydrogen-bond acceptors (Lipinski definition) is 2. The van der Waals surface area contributed by atoms with Crippen LogP contribution in [0.1, 0.15) is 29.0 Å². The van der Waals surface area contributed by atoms with Gasteiger partial charge in [-0.2, -0.15) is 0 Å². The second-order valence-electron chi connectivity index (χ2n) is 5.50. The van der Waals surface area contributed by atoms with Crippen molar-refractivity contribution in [2.45, 2.75) is 32.2 Å². The molecule has 1 aliphatic rings. The van der Waals surface area contributed by atoms with Crippen molar-refractivity contribution in [2.75, 3.05) is 0 Å². The van der Waals surface area contributed by atoms with Crippen LogP contribution in [0.15, 0.2) is 42.5 Å². The number of aryl methyl sites for hydroxylation is 2. The summed E-state index contributed by atoms with van der Waals surface area (Å²) in [5.74, 6) is 2.33. The van der Waals surface area contributed by atoms with Crippen LogP contribution in [-0.4, -0.2) is 6.04 Å². The van der Waals surface area contributed by atoms with Crippen molar-refractivity contribution >= 4 is 0 Å². The Morgan fingerprint density at radius 3 is 2.05 bits per heavy atom. The summed E-state index contributed by atoms with van der Waals surface area (Å²) in [7, 11) is 0. The zero-order valence-corrected chi connectivity index (χ0v) is 11.4. The van der Waals surface area contributed by atoms with Crippen molar-refractivity contribution in [3.63, 3.8) is 0 Å². The fraction of sp³-hybridized carbons (Fsp3) is 0.294. The molecule has 0 aromatic heterocycles. The highest BCUT2D eigenvalue weighted by Crippen LogP contribution is 2.39.